The molecule has 0 fully saturated rings. The lowest BCUT2D eigenvalue weighted by Gasteiger charge is -2.04. The van der Waals surface area contributed by atoms with E-state index in [0.717, 1.165) is 16.4 Å². The number of thiophene rings is 1. The molecule has 0 bridgehead atoms. The van der Waals surface area contributed by atoms with E-state index >= 15 is 0 Å². The number of benzene rings is 2. The van der Waals surface area contributed by atoms with E-state index in [1.54, 1.807) is 11.3 Å². The fourth-order valence-electron chi connectivity index (χ4n) is 1.50. The zero-order valence-corrected chi connectivity index (χ0v) is 11.3. The van der Waals surface area contributed by atoms with E-state index in [0.29, 0.717) is 0 Å². The quantitative estimate of drug-likeness (QED) is 0.703. The summed E-state index contributed by atoms with van der Waals surface area (Å²) in [6, 6.07) is 24.1. The lowest BCUT2D eigenvalue weighted by molar-refractivity contribution is 1.55. The zero-order chi connectivity index (χ0) is 13.3. The SMILES string of the molecule is Nc1cccs1.c1ccc(Nc2ccccc2)cc1. The number of anilines is 3. The third kappa shape index (κ3) is 4.85. The van der Waals surface area contributed by atoms with E-state index in [1.165, 1.54) is 0 Å². The van der Waals surface area contributed by atoms with Gasteiger partial charge in [-0.2, -0.15) is 0 Å². The number of hydrogen-bond acceptors (Lipinski definition) is 3. The molecule has 0 aliphatic rings. The molecule has 3 heteroatoms. The first-order valence-electron chi connectivity index (χ1n) is 6.01. The van der Waals surface area contributed by atoms with E-state index < -0.39 is 0 Å². The van der Waals surface area contributed by atoms with Crippen LogP contribution in [0.5, 0.6) is 0 Å². The Labute approximate surface area is 117 Å². The molecule has 0 atom stereocenters. The summed E-state index contributed by atoms with van der Waals surface area (Å²) in [6.45, 7) is 0. The van der Waals surface area contributed by atoms with Crippen molar-refractivity contribution in [2.45, 2.75) is 0 Å². The molecule has 0 aliphatic heterocycles. The van der Waals surface area contributed by atoms with E-state index in [4.69, 9.17) is 5.73 Å². The Kier molecular flexibility index (Phi) is 5.02. The van der Waals surface area contributed by atoms with Crippen LogP contribution in [0.2, 0.25) is 0 Å². The summed E-state index contributed by atoms with van der Waals surface area (Å²) < 4.78 is 0. The van der Waals surface area contributed by atoms with Crippen molar-refractivity contribution in [3.05, 3.63) is 78.2 Å². The molecule has 1 aromatic heterocycles. The first kappa shape index (κ1) is 13.2. The number of nitrogens with two attached hydrogens (primary N) is 1. The Hall–Kier alpha value is -2.26. The summed E-state index contributed by atoms with van der Waals surface area (Å²) in [6.07, 6.45) is 0. The van der Waals surface area contributed by atoms with Crippen LogP contribution in [0.3, 0.4) is 0 Å². The van der Waals surface area contributed by atoms with E-state index in [-0.39, 0.29) is 0 Å². The number of nitrogen functional groups attached to an aromatic ring is 1. The van der Waals surface area contributed by atoms with E-state index in [9.17, 15) is 0 Å². The van der Waals surface area contributed by atoms with Gasteiger partial charge in [0, 0.05) is 11.4 Å². The minimum atomic E-state index is 0.884. The first-order valence-corrected chi connectivity index (χ1v) is 6.88. The molecule has 1 heterocycles. The minimum absolute atomic E-state index is 0.884. The second-order valence-corrected chi connectivity index (χ2v) is 4.85. The van der Waals surface area contributed by atoms with Gasteiger partial charge in [-0.25, -0.2) is 0 Å². The predicted molar refractivity (Wildman–Crippen MR) is 84.9 cm³/mol. The van der Waals surface area contributed by atoms with Gasteiger partial charge >= 0.3 is 0 Å². The van der Waals surface area contributed by atoms with Crippen LogP contribution in [-0.4, -0.2) is 0 Å². The van der Waals surface area contributed by atoms with Crippen molar-refractivity contribution in [1.29, 1.82) is 0 Å². The van der Waals surface area contributed by atoms with Crippen molar-refractivity contribution in [1.82, 2.24) is 0 Å². The summed E-state index contributed by atoms with van der Waals surface area (Å²) in [5.74, 6) is 0. The van der Waals surface area contributed by atoms with Crippen LogP contribution in [0, 0.1) is 0 Å². The standard InChI is InChI=1S/C12H11N.C4H5NS/c1-3-7-11(8-4-1)13-12-9-5-2-6-10-12;5-4-2-1-3-6-4/h1-10,13H;1-3H,5H2. The summed E-state index contributed by atoms with van der Waals surface area (Å²) in [4.78, 5) is 0. The van der Waals surface area contributed by atoms with Crippen molar-refractivity contribution < 1.29 is 0 Å². The molecule has 0 aliphatic carbocycles. The number of rotatable bonds is 2. The smallest absolute Gasteiger partial charge is 0.0856 e. The minimum Gasteiger partial charge on any atom is -0.391 e. The fourth-order valence-corrected chi connectivity index (χ4v) is 1.97. The second kappa shape index (κ2) is 7.24. The van der Waals surface area contributed by atoms with Crippen LogP contribution in [0.1, 0.15) is 0 Å². The molecule has 0 spiro atoms. The Balaban J connectivity index is 0.000000186. The predicted octanol–water partition coefficient (Wildman–Crippen LogP) is 4.76. The molecule has 0 saturated carbocycles. The average Bonchev–Trinajstić information content (AvgIpc) is 2.93. The van der Waals surface area contributed by atoms with Gasteiger partial charge in [0.1, 0.15) is 0 Å². The van der Waals surface area contributed by atoms with Crippen LogP contribution in [0.25, 0.3) is 0 Å². The molecular weight excluding hydrogens is 252 g/mol. The number of hydrogen-bond donors (Lipinski definition) is 2. The molecule has 0 saturated heterocycles. The van der Waals surface area contributed by atoms with Gasteiger partial charge in [-0.05, 0) is 41.8 Å². The Morgan fingerprint density at radius 2 is 1.21 bits per heavy atom. The monoisotopic (exact) mass is 268 g/mol. The maximum absolute atomic E-state index is 5.30. The maximum atomic E-state index is 5.30. The third-order valence-electron chi connectivity index (χ3n) is 2.38. The zero-order valence-electron chi connectivity index (χ0n) is 10.5. The molecule has 0 unspecified atom stereocenters. The highest BCUT2D eigenvalue weighted by atomic mass is 32.1. The van der Waals surface area contributed by atoms with Crippen LogP contribution in [0.15, 0.2) is 78.2 Å². The molecule has 3 N–H and O–H groups in total. The molecule has 2 aromatic carbocycles. The molecule has 0 radical (unpaired) electrons. The second-order valence-electron chi connectivity index (χ2n) is 3.87. The Morgan fingerprint density at radius 3 is 1.53 bits per heavy atom. The third-order valence-corrected chi connectivity index (χ3v) is 3.08. The van der Waals surface area contributed by atoms with Crippen LogP contribution < -0.4 is 11.1 Å². The van der Waals surface area contributed by atoms with Crippen LogP contribution in [0.4, 0.5) is 16.4 Å². The Morgan fingerprint density at radius 1 is 0.684 bits per heavy atom. The van der Waals surface area contributed by atoms with Gasteiger partial charge in [0.2, 0.25) is 0 Å². The fraction of sp³-hybridized carbons (Fsp3) is 0. The van der Waals surface area contributed by atoms with Crippen molar-refractivity contribution in [2.75, 3.05) is 11.1 Å². The highest BCUT2D eigenvalue weighted by Gasteiger charge is 1.89. The topological polar surface area (TPSA) is 38.0 Å². The van der Waals surface area contributed by atoms with Gasteiger partial charge in [-0.15, -0.1) is 11.3 Å². The van der Waals surface area contributed by atoms with Crippen LogP contribution in [-0.2, 0) is 0 Å². The molecule has 0 amide bonds. The maximum Gasteiger partial charge on any atom is 0.0856 e. The molecular formula is C16H16N2S. The van der Waals surface area contributed by atoms with Crippen molar-refractivity contribution >= 4 is 27.7 Å². The van der Waals surface area contributed by atoms with E-state index in [1.807, 2.05) is 78.2 Å². The lowest BCUT2D eigenvalue weighted by atomic mass is 10.3. The summed E-state index contributed by atoms with van der Waals surface area (Å²) in [5.41, 5.74) is 7.53. The Bertz CT molecular complexity index is 525. The van der Waals surface area contributed by atoms with Crippen molar-refractivity contribution in [2.24, 2.45) is 0 Å². The highest BCUT2D eigenvalue weighted by molar-refractivity contribution is 7.13. The summed E-state index contributed by atoms with van der Waals surface area (Å²) in [7, 11) is 0. The van der Waals surface area contributed by atoms with Gasteiger partial charge in [-0.3, -0.25) is 0 Å². The lowest BCUT2D eigenvalue weighted by Crippen LogP contribution is -1.87. The van der Waals surface area contributed by atoms with Crippen molar-refractivity contribution in [3.8, 4) is 0 Å². The normalized spacial score (nSPS) is 9.26. The molecule has 3 rings (SSSR count). The molecule has 19 heavy (non-hydrogen) atoms. The van der Waals surface area contributed by atoms with Gasteiger partial charge < -0.3 is 11.1 Å². The highest BCUT2D eigenvalue weighted by Crippen LogP contribution is 2.14. The largest absolute Gasteiger partial charge is 0.391 e. The first-order chi connectivity index (χ1) is 9.34. The van der Waals surface area contributed by atoms with E-state index in [2.05, 4.69) is 5.32 Å². The van der Waals surface area contributed by atoms with Gasteiger partial charge in [0.25, 0.3) is 0 Å². The molecule has 2 nitrogen and oxygen atoms in total. The summed E-state index contributed by atoms with van der Waals surface area (Å²) >= 11 is 1.56. The van der Waals surface area contributed by atoms with Crippen LogP contribution >= 0.6 is 11.3 Å². The number of nitrogens with one attached hydrogen (secondary N) is 1. The molecule has 96 valence electrons. The average molecular weight is 268 g/mol. The number of para-hydroxylation sites is 2. The van der Waals surface area contributed by atoms with Gasteiger partial charge in [0.05, 0.1) is 5.00 Å². The van der Waals surface area contributed by atoms with Gasteiger partial charge in [-0.1, -0.05) is 36.4 Å². The molecule has 3 aromatic rings. The van der Waals surface area contributed by atoms with Gasteiger partial charge in [0.15, 0.2) is 0 Å². The summed E-state index contributed by atoms with van der Waals surface area (Å²) in [5, 5.41) is 6.14. The van der Waals surface area contributed by atoms with Crippen molar-refractivity contribution in [3.63, 3.8) is 0 Å².